The van der Waals surface area contributed by atoms with Gasteiger partial charge in [0.15, 0.2) is 0 Å². The zero-order valence-corrected chi connectivity index (χ0v) is 11.6. The second kappa shape index (κ2) is 5.52. The lowest BCUT2D eigenvalue weighted by molar-refractivity contribution is 0.444. The molecule has 90 valence electrons. The van der Waals surface area contributed by atoms with Crippen LogP contribution < -0.4 is 5.32 Å². The van der Waals surface area contributed by atoms with Gasteiger partial charge in [0.25, 0.3) is 0 Å². The van der Waals surface area contributed by atoms with Gasteiger partial charge in [0, 0.05) is 10.5 Å². The van der Waals surface area contributed by atoms with Crippen LogP contribution in [-0.4, -0.2) is 0 Å². The van der Waals surface area contributed by atoms with Crippen molar-refractivity contribution >= 4 is 15.9 Å². The van der Waals surface area contributed by atoms with Crippen molar-refractivity contribution in [3.05, 3.63) is 58.0 Å². The van der Waals surface area contributed by atoms with Gasteiger partial charge in [-0.05, 0) is 37.6 Å². The predicted molar refractivity (Wildman–Crippen MR) is 72.8 cm³/mol. The summed E-state index contributed by atoms with van der Waals surface area (Å²) in [6.07, 6.45) is 0. The molecule has 1 N–H and O–H groups in total. The van der Waals surface area contributed by atoms with Gasteiger partial charge < -0.3 is 9.73 Å². The number of aryl methyl sites for hydroxylation is 1. The lowest BCUT2D eigenvalue weighted by atomic mass is 10.1. The van der Waals surface area contributed by atoms with Gasteiger partial charge in [-0.2, -0.15) is 0 Å². The van der Waals surface area contributed by atoms with Gasteiger partial charge in [-0.25, -0.2) is 0 Å². The summed E-state index contributed by atoms with van der Waals surface area (Å²) in [7, 11) is 0. The minimum absolute atomic E-state index is 0.288. The number of furan rings is 1. The zero-order valence-electron chi connectivity index (χ0n) is 10.0. The predicted octanol–water partition coefficient (Wildman–Crippen LogP) is 4.20. The quantitative estimate of drug-likeness (QED) is 0.914. The van der Waals surface area contributed by atoms with Gasteiger partial charge in [0.1, 0.15) is 11.5 Å². The molecule has 0 radical (unpaired) electrons. The average molecular weight is 294 g/mol. The van der Waals surface area contributed by atoms with E-state index in [9.17, 15) is 0 Å². The molecule has 2 nitrogen and oxygen atoms in total. The maximum atomic E-state index is 5.53. The highest BCUT2D eigenvalue weighted by atomic mass is 79.9. The van der Waals surface area contributed by atoms with E-state index in [4.69, 9.17) is 4.42 Å². The summed E-state index contributed by atoms with van der Waals surface area (Å²) < 4.78 is 6.66. The highest BCUT2D eigenvalue weighted by molar-refractivity contribution is 9.10. The van der Waals surface area contributed by atoms with Crippen LogP contribution in [0.1, 0.15) is 30.0 Å². The summed E-state index contributed by atoms with van der Waals surface area (Å²) in [5, 5.41) is 3.45. The third-order valence-corrected chi connectivity index (χ3v) is 3.47. The number of rotatable bonds is 4. The van der Waals surface area contributed by atoms with E-state index in [1.54, 1.807) is 0 Å². The van der Waals surface area contributed by atoms with E-state index in [-0.39, 0.29) is 6.04 Å². The SMILES string of the molecule is Cc1ccc(CN[C@@H](C)c2ccccc2Br)o1. The summed E-state index contributed by atoms with van der Waals surface area (Å²) in [4.78, 5) is 0. The Morgan fingerprint density at radius 3 is 2.65 bits per heavy atom. The number of hydrogen-bond donors (Lipinski definition) is 1. The van der Waals surface area contributed by atoms with Crippen LogP contribution in [0, 0.1) is 6.92 Å². The van der Waals surface area contributed by atoms with E-state index in [0.29, 0.717) is 0 Å². The Labute approximate surface area is 110 Å². The van der Waals surface area contributed by atoms with E-state index in [2.05, 4.69) is 46.4 Å². The van der Waals surface area contributed by atoms with Crippen molar-refractivity contribution in [1.29, 1.82) is 0 Å². The molecule has 0 aliphatic carbocycles. The Morgan fingerprint density at radius 2 is 2.00 bits per heavy atom. The Bertz CT molecular complexity index is 492. The maximum absolute atomic E-state index is 5.53. The van der Waals surface area contributed by atoms with Crippen molar-refractivity contribution in [2.24, 2.45) is 0 Å². The van der Waals surface area contributed by atoms with Gasteiger partial charge >= 0.3 is 0 Å². The minimum atomic E-state index is 0.288. The normalized spacial score (nSPS) is 12.6. The topological polar surface area (TPSA) is 25.2 Å². The smallest absolute Gasteiger partial charge is 0.117 e. The molecular weight excluding hydrogens is 278 g/mol. The molecule has 17 heavy (non-hydrogen) atoms. The maximum Gasteiger partial charge on any atom is 0.117 e. The second-order valence-electron chi connectivity index (χ2n) is 4.14. The monoisotopic (exact) mass is 293 g/mol. The summed E-state index contributed by atoms with van der Waals surface area (Å²) in [6.45, 7) is 4.85. The number of halogens is 1. The van der Waals surface area contributed by atoms with Crippen LogP contribution in [0.3, 0.4) is 0 Å². The van der Waals surface area contributed by atoms with E-state index in [1.165, 1.54) is 5.56 Å². The molecule has 0 unspecified atom stereocenters. The molecular formula is C14H16BrNO. The molecule has 0 bridgehead atoms. The van der Waals surface area contributed by atoms with Gasteiger partial charge in [-0.3, -0.25) is 0 Å². The van der Waals surface area contributed by atoms with Crippen molar-refractivity contribution in [3.63, 3.8) is 0 Å². The summed E-state index contributed by atoms with van der Waals surface area (Å²) in [5.41, 5.74) is 1.26. The molecule has 2 rings (SSSR count). The molecule has 0 aliphatic heterocycles. The van der Waals surface area contributed by atoms with Crippen molar-refractivity contribution in [2.75, 3.05) is 0 Å². The molecule has 1 heterocycles. The number of nitrogens with one attached hydrogen (secondary N) is 1. The van der Waals surface area contributed by atoms with Crippen LogP contribution in [0.25, 0.3) is 0 Å². The first-order chi connectivity index (χ1) is 8.16. The fourth-order valence-corrected chi connectivity index (χ4v) is 2.40. The average Bonchev–Trinajstić information content (AvgIpc) is 2.73. The Hall–Kier alpha value is -1.06. The largest absolute Gasteiger partial charge is 0.465 e. The van der Waals surface area contributed by atoms with Gasteiger partial charge in [0.2, 0.25) is 0 Å². The Morgan fingerprint density at radius 1 is 1.24 bits per heavy atom. The molecule has 0 saturated carbocycles. The fourth-order valence-electron chi connectivity index (χ4n) is 1.77. The Balaban J connectivity index is 1.98. The molecule has 0 saturated heterocycles. The third-order valence-electron chi connectivity index (χ3n) is 2.75. The molecule has 1 aromatic heterocycles. The number of benzene rings is 1. The Kier molecular flexibility index (Phi) is 4.02. The van der Waals surface area contributed by atoms with Gasteiger partial charge in [-0.15, -0.1) is 0 Å². The van der Waals surface area contributed by atoms with Crippen LogP contribution in [0.2, 0.25) is 0 Å². The van der Waals surface area contributed by atoms with Crippen LogP contribution >= 0.6 is 15.9 Å². The van der Waals surface area contributed by atoms with E-state index < -0.39 is 0 Å². The fraction of sp³-hybridized carbons (Fsp3) is 0.286. The molecule has 1 aromatic carbocycles. The van der Waals surface area contributed by atoms with Crippen LogP contribution in [0.15, 0.2) is 45.3 Å². The van der Waals surface area contributed by atoms with Crippen LogP contribution in [0.5, 0.6) is 0 Å². The first kappa shape index (κ1) is 12.4. The molecule has 0 spiro atoms. The number of hydrogen-bond acceptors (Lipinski definition) is 2. The standard InChI is InChI=1S/C14H16BrNO/c1-10-7-8-12(17-10)9-16-11(2)13-5-3-4-6-14(13)15/h3-8,11,16H,9H2,1-2H3/t11-/m0/s1. The third kappa shape index (κ3) is 3.20. The minimum Gasteiger partial charge on any atom is -0.465 e. The summed E-state index contributed by atoms with van der Waals surface area (Å²) in [6, 6.07) is 12.5. The van der Waals surface area contributed by atoms with Crippen molar-refractivity contribution in [1.82, 2.24) is 5.32 Å². The summed E-state index contributed by atoms with van der Waals surface area (Å²) in [5.74, 6) is 1.93. The molecule has 0 aliphatic rings. The highest BCUT2D eigenvalue weighted by Crippen LogP contribution is 2.23. The van der Waals surface area contributed by atoms with Crippen LogP contribution in [-0.2, 0) is 6.54 Å². The first-order valence-electron chi connectivity index (χ1n) is 5.70. The first-order valence-corrected chi connectivity index (χ1v) is 6.49. The van der Waals surface area contributed by atoms with Crippen molar-refractivity contribution in [3.8, 4) is 0 Å². The van der Waals surface area contributed by atoms with E-state index in [0.717, 1.165) is 22.5 Å². The second-order valence-corrected chi connectivity index (χ2v) is 4.99. The van der Waals surface area contributed by atoms with Crippen molar-refractivity contribution in [2.45, 2.75) is 26.4 Å². The molecule has 1 atom stereocenters. The molecule has 0 amide bonds. The lowest BCUT2D eigenvalue weighted by Gasteiger charge is -2.14. The van der Waals surface area contributed by atoms with Gasteiger partial charge in [-0.1, -0.05) is 34.1 Å². The lowest BCUT2D eigenvalue weighted by Crippen LogP contribution is -2.18. The van der Waals surface area contributed by atoms with Crippen molar-refractivity contribution < 1.29 is 4.42 Å². The van der Waals surface area contributed by atoms with Gasteiger partial charge in [0.05, 0.1) is 6.54 Å². The molecule has 0 fully saturated rings. The van der Waals surface area contributed by atoms with E-state index >= 15 is 0 Å². The molecule has 2 aromatic rings. The zero-order chi connectivity index (χ0) is 12.3. The van der Waals surface area contributed by atoms with E-state index in [1.807, 2.05) is 25.1 Å². The van der Waals surface area contributed by atoms with Crippen LogP contribution in [0.4, 0.5) is 0 Å². The highest BCUT2D eigenvalue weighted by Gasteiger charge is 2.08. The molecule has 3 heteroatoms. The summed E-state index contributed by atoms with van der Waals surface area (Å²) >= 11 is 3.56.